The van der Waals surface area contributed by atoms with Gasteiger partial charge in [0.2, 0.25) is 0 Å². The van der Waals surface area contributed by atoms with Gasteiger partial charge in [-0.25, -0.2) is 0 Å². The Morgan fingerprint density at radius 1 is 1.20 bits per heavy atom. The number of aliphatic hydroxyl groups is 1. The number of hydrogen-bond donors (Lipinski definition) is 3. The van der Waals surface area contributed by atoms with Crippen LogP contribution in [0.3, 0.4) is 0 Å². The number of carbonyl (C=O) groups excluding carboxylic acids is 1. The van der Waals surface area contributed by atoms with Crippen molar-refractivity contribution in [2.75, 3.05) is 13.7 Å². The van der Waals surface area contributed by atoms with Crippen molar-refractivity contribution >= 4 is 5.91 Å². The number of aromatic nitrogens is 2. The van der Waals surface area contributed by atoms with E-state index in [4.69, 9.17) is 4.74 Å². The summed E-state index contributed by atoms with van der Waals surface area (Å²) in [5.41, 5.74) is 2.53. The first-order valence-corrected chi connectivity index (χ1v) is 7.88. The molecule has 6 nitrogen and oxygen atoms in total. The number of rotatable bonds is 6. The number of para-hydroxylation sites is 1. The van der Waals surface area contributed by atoms with Crippen molar-refractivity contribution in [1.29, 1.82) is 0 Å². The van der Waals surface area contributed by atoms with Gasteiger partial charge in [-0.3, -0.25) is 9.89 Å². The van der Waals surface area contributed by atoms with Crippen LogP contribution in [0.1, 0.15) is 22.0 Å². The van der Waals surface area contributed by atoms with Gasteiger partial charge in [-0.1, -0.05) is 42.5 Å². The van der Waals surface area contributed by atoms with Crippen molar-refractivity contribution in [3.8, 4) is 17.0 Å². The van der Waals surface area contributed by atoms with Crippen LogP contribution in [-0.4, -0.2) is 34.9 Å². The Hall–Kier alpha value is -3.12. The number of aromatic amines is 1. The summed E-state index contributed by atoms with van der Waals surface area (Å²) in [6.45, 7) is -0.197. The number of amides is 1. The van der Waals surface area contributed by atoms with Crippen molar-refractivity contribution in [3.63, 3.8) is 0 Å². The Bertz CT molecular complexity index is 846. The van der Waals surface area contributed by atoms with Crippen LogP contribution in [0.4, 0.5) is 0 Å². The van der Waals surface area contributed by atoms with Gasteiger partial charge in [0.1, 0.15) is 5.75 Å². The summed E-state index contributed by atoms with van der Waals surface area (Å²) in [4.78, 5) is 12.7. The van der Waals surface area contributed by atoms with Gasteiger partial charge in [-0.15, -0.1) is 0 Å². The fraction of sp³-hybridized carbons (Fsp3) is 0.158. The van der Waals surface area contributed by atoms with Crippen molar-refractivity contribution < 1.29 is 14.6 Å². The topological polar surface area (TPSA) is 87.2 Å². The molecule has 6 heteroatoms. The van der Waals surface area contributed by atoms with Crippen LogP contribution in [0, 0.1) is 0 Å². The molecule has 1 aromatic heterocycles. The van der Waals surface area contributed by atoms with Crippen molar-refractivity contribution in [3.05, 3.63) is 71.9 Å². The van der Waals surface area contributed by atoms with Crippen LogP contribution < -0.4 is 10.1 Å². The summed E-state index contributed by atoms with van der Waals surface area (Å²) in [6, 6.07) is 16.2. The second-order valence-electron chi connectivity index (χ2n) is 5.48. The summed E-state index contributed by atoms with van der Waals surface area (Å²) >= 11 is 0. The maximum absolute atomic E-state index is 12.7. The minimum Gasteiger partial charge on any atom is -0.496 e. The fourth-order valence-electron chi connectivity index (χ4n) is 2.67. The molecule has 0 radical (unpaired) electrons. The van der Waals surface area contributed by atoms with Crippen LogP contribution in [0.2, 0.25) is 0 Å². The number of benzene rings is 2. The number of H-pyrrole nitrogens is 1. The molecule has 3 aromatic rings. The molecule has 1 amide bonds. The molecule has 0 spiro atoms. The third-order valence-electron chi connectivity index (χ3n) is 3.95. The molecule has 128 valence electrons. The molecule has 3 rings (SSSR count). The molecule has 0 bridgehead atoms. The monoisotopic (exact) mass is 337 g/mol. The molecule has 25 heavy (non-hydrogen) atoms. The van der Waals surface area contributed by atoms with Gasteiger partial charge < -0.3 is 15.2 Å². The molecule has 2 aromatic carbocycles. The minimum absolute atomic E-state index is 0.197. The third-order valence-corrected chi connectivity index (χ3v) is 3.95. The molecule has 1 heterocycles. The molecule has 0 fully saturated rings. The van der Waals surface area contributed by atoms with Crippen LogP contribution in [-0.2, 0) is 0 Å². The van der Waals surface area contributed by atoms with Crippen LogP contribution >= 0.6 is 0 Å². The van der Waals surface area contributed by atoms with Crippen LogP contribution in [0.5, 0.6) is 5.75 Å². The van der Waals surface area contributed by atoms with E-state index in [1.807, 2.05) is 54.6 Å². The molecular weight excluding hydrogens is 318 g/mol. The first kappa shape index (κ1) is 16.7. The summed E-state index contributed by atoms with van der Waals surface area (Å²) in [7, 11) is 1.58. The van der Waals surface area contributed by atoms with Gasteiger partial charge >= 0.3 is 0 Å². The largest absolute Gasteiger partial charge is 0.496 e. The number of nitrogens with one attached hydrogen (secondary N) is 2. The smallest absolute Gasteiger partial charge is 0.255 e. The zero-order valence-electron chi connectivity index (χ0n) is 13.8. The molecule has 0 saturated heterocycles. The molecule has 0 aliphatic heterocycles. The van der Waals surface area contributed by atoms with Gasteiger partial charge in [0.25, 0.3) is 5.91 Å². The van der Waals surface area contributed by atoms with E-state index in [0.29, 0.717) is 17.0 Å². The Morgan fingerprint density at radius 2 is 1.92 bits per heavy atom. The zero-order valence-corrected chi connectivity index (χ0v) is 13.8. The molecular formula is C19H19N3O3. The normalized spacial score (nSPS) is 11.8. The highest BCUT2D eigenvalue weighted by atomic mass is 16.5. The lowest BCUT2D eigenvalue weighted by Gasteiger charge is -2.17. The Balaban J connectivity index is 1.88. The van der Waals surface area contributed by atoms with E-state index < -0.39 is 6.04 Å². The Labute approximate surface area is 145 Å². The molecule has 1 atom stereocenters. The van der Waals surface area contributed by atoms with Gasteiger partial charge in [-0.2, -0.15) is 5.10 Å². The molecule has 0 saturated carbocycles. The number of nitrogens with zero attached hydrogens (tertiary/aromatic N) is 1. The highest BCUT2D eigenvalue weighted by Crippen LogP contribution is 2.30. The van der Waals surface area contributed by atoms with E-state index in [1.54, 1.807) is 7.11 Å². The van der Waals surface area contributed by atoms with Gasteiger partial charge in [-0.05, 0) is 17.7 Å². The lowest BCUT2D eigenvalue weighted by atomic mass is 10.0. The second kappa shape index (κ2) is 7.63. The fourth-order valence-corrected chi connectivity index (χ4v) is 2.67. The number of methoxy groups -OCH3 is 1. The van der Waals surface area contributed by atoms with Gasteiger partial charge in [0, 0.05) is 5.56 Å². The maximum atomic E-state index is 12.7. The summed E-state index contributed by atoms with van der Waals surface area (Å²) < 4.78 is 5.36. The van der Waals surface area contributed by atoms with Crippen LogP contribution in [0.25, 0.3) is 11.3 Å². The highest BCUT2D eigenvalue weighted by Gasteiger charge is 2.21. The predicted octanol–water partition coefficient (Wildman–Crippen LogP) is 2.55. The average Bonchev–Trinajstić information content (AvgIpc) is 3.16. The van der Waals surface area contributed by atoms with Gasteiger partial charge in [0.05, 0.1) is 37.2 Å². The first-order valence-electron chi connectivity index (χ1n) is 7.88. The predicted molar refractivity (Wildman–Crippen MR) is 94.3 cm³/mol. The summed E-state index contributed by atoms with van der Waals surface area (Å²) in [5, 5.41) is 19.3. The third kappa shape index (κ3) is 3.54. The summed E-state index contributed by atoms with van der Waals surface area (Å²) in [6.07, 6.45) is 1.47. The summed E-state index contributed by atoms with van der Waals surface area (Å²) in [5.74, 6) is 0.320. The van der Waals surface area contributed by atoms with Crippen molar-refractivity contribution in [2.24, 2.45) is 0 Å². The number of carbonyl (C=O) groups is 1. The average molecular weight is 337 g/mol. The molecule has 0 unspecified atom stereocenters. The standard InChI is InChI=1S/C19H19N3O3/c1-25-17-10-6-5-9-14(17)18-15(11-20-22-18)19(24)21-16(12-23)13-7-3-2-4-8-13/h2-11,16,23H,12H2,1H3,(H,20,22)(H,21,24)/t16-/m1/s1. The zero-order chi connectivity index (χ0) is 17.6. The minimum atomic E-state index is -0.492. The maximum Gasteiger partial charge on any atom is 0.255 e. The van der Waals surface area contributed by atoms with Crippen molar-refractivity contribution in [2.45, 2.75) is 6.04 Å². The van der Waals surface area contributed by atoms with E-state index in [2.05, 4.69) is 15.5 Å². The first-order chi connectivity index (χ1) is 12.2. The molecule has 3 N–H and O–H groups in total. The number of ether oxygens (including phenoxy) is 1. The molecule has 0 aliphatic rings. The second-order valence-corrected chi connectivity index (χ2v) is 5.48. The molecule has 0 aliphatic carbocycles. The van der Waals surface area contributed by atoms with Crippen molar-refractivity contribution in [1.82, 2.24) is 15.5 Å². The number of hydrogen-bond acceptors (Lipinski definition) is 4. The van der Waals surface area contributed by atoms with E-state index in [-0.39, 0.29) is 12.5 Å². The van der Waals surface area contributed by atoms with E-state index >= 15 is 0 Å². The number of aliphatic hydroxyl groups excluding tert-OH is 1. The lowest BCUT2D eigenvalue weighted by molar-refractivity contribution is 0.0917. The SMILES string of the molecule is COc1ccccc1-c1[nH]ncc1C(=O)N[C@H](CO)c1ccccc1. The van der Waals surface area contributed by atoms with E-state index in [9.17, 15) is 9.90 Å². The van der Waals surface area contributed by atoms with E-state index in [1.165, 1.54) is 6.20 Å². The lowest BCUT2D eigenvalue weighted by Crippen LogP contribution is -2.30. The highest BCUT2D eigenvalue weighted by molar-refractivity contribution is 6.00. The van der Waals surface area contributed by atoms with Gasteiger partial charge in [0.15, 0.2) is 0 Å². The Kier molecular flexibility index (Phi) is 5.11. The Morgan fingerprint density at radius 3 is 2.64 bits per heavy atom. The van der Waals surface area contributed by atoms with E-state index in [0.717, 1.165) is 11.1 Å². The van der Waals surface area contributed by atoms with Crippen LogP contribution in [0.15, 0.2) is 60.8 Å². The quantitative estimate of drug-likeness (QED) is 0.645.